The highest BCUT2D eigenvalue weighted by Crippen LogP contribution is 2.08. The first-order valence-electron chi connectivity index (χ1n) is 5.67. The van der Waals surface area contributed by atoms with E-state index in [9.17, 15) is 4.79 Å². The summed E-state index contributed by atoms with van der Waals surface area (Å²) in [6.07, 6.45) is 0. The summed E-state index contributed by atoms with van der Waals surface area (Å²) in [5.74, 6) is -0.00222. The van der Waals surface area contributed by atoms with Gasteiger partial charge in [-0.25, -0.2) is 0 Å². The summed E-state index contributed by atoms with van der Waals surface area (Å²) < 4.78 is 0. The van der Waals surface area contributed by atoms with Crippen molar-refractivity contribution in [2.75, 3.05) is 25.5 Å². The number of nitrogens with zero attached hydrogens (tertiary/aromatic N) is 1. The summed E-state index contributed by atoms with van der Waals surface area (Å²) in [7, 11) is 1.91. The second-order valence-corrected chi connectivity index (χ2v) is 4.54. The predicted molar refractivity (Wildman–Crippen MR) is 72.1 cm³/mol. The number of rotatable bonds is 5. The summed E-state index contributed by atoms with van der Waals surface area (Å²) in [4.78, 5) is 13.6. The molecule has 0 saturated heterocycles. The van der Waals surface area contributed by atoms with Gasteiger partial charge in [0.1, 0.15) is 0 Å². The van der Waals surface area contributed by atoms with Gasteiger partial charge in [-0.1, -0.05) is 29.8 Å². The van der Waals surface area contributed by atoms with Gasteiger partial charge in [0.2, 0.25) is 5.91 Å². The van der Waals surface area contributed by atoms with Crippen molar-refractivity contribution < 1.29 is 4.79 Å². The Labute approximate surface area is 103 Å². The Kier molecular flexibility index (Phi) is 4.91. The van der Waals surface area contributed by atoms with E-state index < -0.39 is 0 Å². The van der Waals surface area contributed by atoms with Gasteiger partial charge in [0, 0.05) is 12.2 Å². The third-order valence-electron chi connectivity index (χ3n) is 2.29. The second kappa shape index (κ2) is 6.21. The monoisotopic (exact) mass is 232 g/mol. The van der Waals surface area contributed by atoms with Gasteiger partial charge in [-0.2, -0.15) is 0 Å². The number of benzene rings is 1. The minimum atomic E-state index is -0.00222. The first kappa shape index (κ1) is 13.5. The van der Waals surface area contributed by atoms with Crippen LogP contribution in [0.15, 0.2) is 36.4 Å². The van der Waals surface area contributed by atoms with Gasteiger partial charge in [-0.05, 0) is 33.0 Å². The van der Waals surface area contributed by atoms with E-state index in [0.29, 0.717) is 6.54 Å². The zero-order valence-corrected chi connectivity index (χ0v) is 10.8. The van der Waals surface area contributed by atoms with Crippen LogP contribution >= 0.6 is 0 Å². The molecule has 0 atom stereocenters. The topological polar surface area (TPSA) is 32.3 Å². The molecule has 1 amide bonds. The molecule has 0 radical (unpaired) electrons. The smallest absolute Gasteiger partial charge is 0.238 e. The lowest BCUT2D eigenvalue weighted by molar-refractivity contribution is -0.116. The Bertz CT molecular complexity index is 395. The minimum absolute atomic E-state index is 0.00222. The highest BCUT2D eigenvalue weighted by atomic mass is 16.2. The lowest BCUT2D eigenvalue weighted by atomic mass is 10.2. The molecule has 1 aromatic rings. The fourth-order valence-electron chi connectivity index (χ4n) is 1.60. The average Bonchev–Trinajstić information content (AvgIpc) is 2.19. The molecule has 0 spiro atoms. The van der Waals surface area contributed by atoms with Gasteiger partial charge in [0.25, 0.3) is 0 Å². The summed E-state index contributed by atoms with van der Waals surface area (Å²) in [6.45, 7) is 8.91. The van der Waals surface area contributed by atoms with Crippen LogP contribution in [-0.4, -0.2) is 30.9 Å². The van der Waals surface area contributed by atoms with Gasteiger partial charge in [-0.3, -0.25) is 9.69 Å². The molecule has 0 bridgehead atoms. The van der Waals surface area contributed by atoms with Crippen molar-refractivity contribution in [3.63, 3.8) is 0 Å². The molecule has 1 aromatic carbocycles. The van der Waals surface area contributed by atoms with E-state index in [4.69, 9.17) is 0 Å². The predicted octanol–water partition coefficient (Wildman–Crippen LogP) is 2.44. The van der Waals surface area contributed by atoms with E-state index >= 15 is 0 Å². The van der Waals surface area contributed by atoms with Gasteiger partial charge < -0.3 is 5.32 Å². The molecule has 0 aliphatic rings. The van der Waals surface area contributed by atoms with Crippen LogP contribution in [0.25, 0.3) is 0 Å². The molecule has 0 aliphatic heterocycles. The van der Waals surface area contributed by atoms with E-state index in [2.05, 4.69) is 11.9 Å². The molecule has 17 heavy (non-hydrogen) atoms. The SMILES string of the molecule is C=C(C)CN(C)CC(=O)Nc1ccc(C)cc1. The Morgan fingerprint density at radius 2 is 1.88 bits per heavy atom. The second-order valence-electron chi connectivity index (χ2n) is 4.54. The van der Waals surface area contributed by atoms with Crippen LogP contribution in [0.1, 0.15) is 12.5 Å². The molecule has 3 nitrogen and oxygen atoms in total. The number of nitrogens with one attached hydrogen (secondary N) is 1. The maximum Gasteiger partial charge on any atom is 0.238 e. The molecule has 92 valence electrons. The quantitative estimate of drug-likeness (QED) is 0.791. The van der Waals surface area contributed by atoms with Crippen molar-refractivity contribution in [2.24, 2.45) is 0 Å². The van der Waals surface area contributed by atoms with Crippen LogP contribution in [-0.2, 0) is 4.79 Å². The van der Waals surface area contributed by atoms with E-state index in [1.807, 2.05) is 50.1 Å². The van der Waals surface area contributed by atoms with Crippen LogP contribution in [0.4, 0.5) is 5.69 Å². The maximum absolute atomic E-state index is 11.7. The zero-order valence-electron chi connectivity index (χ0n) is 10.8. The third kappa shape index (κ3) is 5.31. The normalized spacial score (nSPS) is 10.4. The van der Waals surface area contributed by atoms with Crippen LogP contribution < -0.4 is 5.32 Å². The van der Waals surface area contributed by atoms with Crippen LogP contribution in [0.3, 0.4) is 0 Å². The zero-order chi connectivity index (χ0) is 12.8. The van der Waals surface area contributed by atoms with Gasteiger partial charge in [-0.15, -0.1) is 0 Å². The van der Waals surface area contributed by atoms with E-state index in [0.717, 1.165) is 17.8 Å². The van der Waals surface area contributed by atoms with Crippen molar-refractivity contribution in [2.45, 2.75) is 13.8 Å². The fourth-order valence-corrected chi connectivity index (χ4v) is 1.60. The molecule has 0 unspecified atom stereocenters. The van der Waals surface area contributed by atoms with E-state index in [1.54, 1.807) is 0 Å². The number of hydrogen-bond acceptors (Lipinski definition) is 2. The molecule has 0 fully saturated rings. The van der Waals surface area contributed by atoms with Crippen molar-refractivity contribution in [3.05, 3.63) is 42.0 Å². The molecule has 0 aliphatic carbocycles. The van der Waals surface area contributed by atoms with E-state index in [1.165, 1.54) is 5.56 Å². The Balaban J connectivity index is 2.44. The number of anilines is 1. The molecular weight excluding hydrogens is 212 g/mol. The minimum Gasteiger partial charge on any atom is -0.325 e. The number of carbonyl (C=O) groups is 1. The molecule has 3 heteroatoms. The number of hydrogen-bond donors (Lipinski definition) is 1. The Hall–Kier alpha value is -1.61. The summed E-state index contributed by atoms with van der Waals surface area (Å²) in [6, 6.07) is 7.78. The van der Waals surface area contributed by atoms with Crippen LogP contribution in [0.2, 0.25) is 0 Å². The summed E-state index contributed by atoms with van der Waals surface area (Å²) >= 11 is 0. The van der Waals surface area contributed by atoms with Crippen molar-refractivity contribution in [3.8, 4) is 0 Å². The number of aryl methyl sites for hydroxylation is 1. The van der Waals surface area contributed by atoms with Gasteiger partial charge in [0.05, 0.1) is 6.54 Å². The molecule has 0 heterocycles. The Morgan fingerprint density at radius 3 is 2.41 bits per heavy atom. The first-order valence-corrected chi connectivity index (χ1v) is 5.67. The maximum atomic E-state index is 11.7. The van der Waals surface area contributed by atoms with Gasteiger partial charge in [0.15, 0.2) is 0 Å². The van der Waals surface area contributed by atoms with Gasteiger partial charge >= 0.3 is 0 Å². The highest BCUT2D eigenvalue weighted by Gasteiger charge is 2.06. The highest BCUT2D eigenvalue weighted by molar-refractivity contribution is 5.92. The fraction of sp³-hybridized carbons (Fsp3) is 0.357. The number of amides is 1. The average molecular weight is 232 g/mol. The van der Waals surface area contributed by atoms with Crippen molar-refractivity contribution in [1.82, 2.24) is 4.90 Å². The summed E-state index contributed by atoms with van der Waals surface area (Å²) in [5.41, 5.74) is 3.07. The lowest BCUT2D eigenvalue weighted by Gasteiger charge is -2.16. The largest absolute Gasteiger partial charge is 0.325 e. The van der Waals surface area contributed by atoms with Crippen molar-refractivity contribution >= 4 is 11.6 Å². The first-order chi connectivity index (χ1) is 7.97. The number of carbonyl (C=O) groups excluding carboxylic acids is 1. The molecular formula is C14H20N2O. The summed E-state index contributed by atoms with van der Waals surface area (Å²) in [5, 5.41) is 2.86. The number of likely N-dealkylation sites (N-methyl/N-ethyl adjacent to an activating group) is 1. The van der Waals surface area contributed by atoms with Crippen LogP contribution in [0.5, 0.6) is 0 Å². The third-order valence-corrected chi connectivity index (χ3v) is 2.29. The Morgan fingerprint density at radius 1 is 1.29 bits per heavy atom. The molecule has 0 aromatic heterocycles. The molecule has 0 saturated carbocycles. The lowest BCUT2D eigenvalue weighted by Crippen LogP contribution is -2.31. The van der Waals surface area contributed by atoms with E-state index in [-0.39, 0.29) is 5.91 Å². The molecule has 1 N–H and O–H groups in total. The van der Waals surface area contributed by atoms with Crippen molar-refractivity contribution in [1.29, 1.82) is 0 Å². The standard InChI is InChI=1S/C14H20N2O/c1-11(2)9-16(4)10-14(17)15-13-7-5-12(3)6-8-13/h5-8H,1,9-10H2,2-4H3,(H,15,17). The molecule has 1 rings (SSSR count). The van der Waals surface area contributed by atoms with Crippen LogP contribution in [0, 0.1) is 6.92 Å².